The first-order chi connectivity index (χ1) is 13.9. The highest BCUT2D eigenvalue weighted by atomic mass is 32.2. The van der Waals surface area contributed by atoms with Crippen LogP contribution in [0.4, 0.5) is 0 Å². The fourth-order valence-electron chi connectivity index (χ4n) is 3.16. The number of nitrogens with zero attached hydrogens (tertiary/aromatic N) is 3. The maximum absolute atomic E-state index is 10.5. The van der Waals surface area contributed by atoms with Gasteiger partial charge in [-0.2, -0.15) is 8.42 Å². The Balaban J connectivity index is 0.000000188. The summed E-state index contributed by atoms with van der Waals surface area (Å²) in [5.74, 6) is 0.721. The molecule has 4 rings (SSSR count). The van der Waals surface area contributed by atoms with Crippen molar-refractivity contribution in [2.24, 2.45) is 0 Å². The number of hydrogen-bond donors (Lipinski definition) is 1. The zero-order valence-corrected chi connectivity index (χ0v) is 17.4. The zero-order valence-electron chi connectivity index (χ0n) is 16.6. The second-order valence-corrected chi connectivity index (χ2v) is 8.51. The van der Waals surface area contributed by atoms with Crippen LogP contribution in [-0.2, 0) is 10.1 Å². The number of hydrogen-bond acceptors (Lipinski definition) is 5. The molecular weight excluding hydrogens is 390 g/mol. The van der Waals surface area contributed by atoms with E-state index < -0.39 is 10.1 Å². The van der Waals surface area contributed by atoms with E-state index in [1.54, 1.807) is 12.1 Å². The van der Waals surface area contributed by atoms with Crippen molar-refractivity contribution in [2.45, 2.75) is 31.1 Å². The lowest BCUT2D eigenvalue weighted by Crippen LogP contribution is -2.33. The highest BCUT2D eigenvalue weighted by molar-refractivity contribution is 7.85. The van der Waals surface area contributed by atoms with Crippen LogP contribution in [0.2, 0.25) is 0 Å². The molecule has 3 aromatic rings. The standard InChI is InChI=1S/C14H19N3O.C7H8O3S/c1-3-7-16(8-4-1)10-11-18-14-12-13-6-2-5-9-17(13)15-14;1-6-2-4-7(5-3-6)11(8,9)10/h2,5-6,9,12H,1,3-4,7-8,10-11H2;2-5H,1H3,(H,8,9,10). The Morgan fingerprint density at radius 2 is 1.79 bits per heavy atom. The molecule has 0 bridgehead atoms. The molecule has 8 heteroatoms. The normalized spacial score (nSPS) is 15.0. The predicted molar refractivity (Wildman–Crippen MR) is 112 cm³/mol. The number of piperidine rings is 1. The van der Waals surface area contributed by atoms with Crippen molar-refractivity contribution in [3.05, 3.63) is 60.3 Å². The van der Waals surface area contributed by atoms with Crippen LogP contribution in [0.1, 0.15) is 24.8 Å². The molecule has 0 atom stereocenters. The second kappa shape index (κ2) is 9.87. The van der Waals surface area contributed by atoms with Crippen LogP contribution in [-0.4, -0.2) is 53.7 Å². The molecule has 7 nitrogen and oxygen atoms in total. The van der Waals surface area contributed by atoms with E-state index in [-0.39, 0.29) is 4.90 Å². The molecule has 0 aliphatic carbocycles. The lowest BCUT2D eigenvalue weighted by atomic mass is 10.1. The van der Waals surface area contributed by atoms with Crippen molar-refractivity contribution in [3.63, 3.8) is 0 Å². The maximum atomic E-state index is 10.5. The minimum absolute atomic E-state index is 0.0666. The third-order valence-electron chi connectivity index (χ3n) is 4.77. The molecule has 0 amide bonds. The van der Waals surface area contributed by atoms with Gasteiger partial charge in [-0.15, -0.1) is 5.10 Å². The summed E-state index contributed by atoms with van der Waals surface area (Å²) in [6, 6.07) is 14.0. The van der Waals surface area contributed by atoms with Gasteiger partial charge >= 0.3 is 0 Å². The first-order valence-electron chi connectivity index (χ1n) is 9.75. The van der Waals surface area contributed by atoms with E-state index in [1.807, 2.05) is 41.9 Å². The molecule has 0 saturated carbocycles. The molecule has 2 aromatic heterocycles. The van der Waals surface area contributed by atoms with Crippen LogP contribution >= 0.6 is 0 Å². The summed E-state index contributed by atoms with van der Waals surface area (Å²) in [7, 11) is -4.02. The van der Waals surface area contributed by atoms with E-state index in [0.29, 0.717) is 0 Å². The number of rotatable bonds is 5. The Labute approximate surface area is 171 Å². The lowest BCUT2D eigenvalue weighted by molar-refractivity contribution is 0.180. The first kappa shape index (κ1) is 21.3. The molecular formula is C21H27N3O4S. The average molecular weight is 418 g/mol. The SMILES string of the molecule is Cc1ccc(S(=O)(=O)O)cc1.c1ccn2nc(OCCN3CCCCC3)cc2c1. The minimum atomic E-state index is -4.02. The van der Waals surface area contributed by atoms with Crippen molar-refractivity contribution in [1.29, 1.82) is 0 Å². The molecule has 3 heterocycles. The Bertz CT molecular complexity index is 977. The Morgan fingerprint density at radius 1 is 1.07 bits per heavy atom. The van der Waals surface area contributed by atoms with Gasteiger partial charge in [-0.1, -0.05) is 30.2 Å². The lowest BCUT2D eigenvalue weighted by Gasteiger charge is -2.25. The number of fused-ring (bicyclic) bond motifs is 1. The maximum Gasteiger partial charge on any atom is 0.294 e. The predicted octanol–water partition coefficient (Wildman–Crippen LogP) is 3.44. The molecule has 156 valence electrons. The third kappa shape index (κ3) is 6.56. The van der Waals surface area contributed by atoms with Crippen LogP contribution in [0.5, 0.6) is 5.88 Å². The van der Waals surface area contributed by atoms with Gasteiger partial charge in [0.1, 0.15) is 6.61 Å². The number of likely N-dealkylation sites (tertiary alicyclic amines) is 1. The van der Waals surface area contributed by atoms with Gasteiger partial charge in [-0.25, -0.2) is 4.52 Å². The molecule has 1 aromatic carbocycles. The van der Waals surface area contributed by atoms with Crippen molar-refractivity contribution in [3.8, 4) is 5.88 Å². The third-order valence-corrected chi connectivity index (χ3v) is 5.64. The van der Waals surface area contributed by atoms with E-state index in [4.69, 9.17) is 9.29 Å². The van der Waals surface area contributed by atoms with Gasteiger partial charge in [0.25, 0.3) is 10.1 Å². The molecule has 1 aliphatic rings. The van der Waals surface area contributed by atoms with Crippen LogP contribution < -0.4 is 4.74 Å². The summed E-state index contributed by atoms with van der Waals surface area (Å²) in [5, 5.41) is 4.37. The van der Waals surface area contributed by atoms with Crippen molar-refractivity contribution in [1.82, 2.24) is 14.5 Å². The van der Waals surface area contributed by atoms with Crippen molar-refractivity contribution >= 4 is 15.6 Å². The van der Waals surface area contributed by atoms with Gasteiger partial charge in [0, 0.05) is 18.8 Å². The zero-order chi connectivity index (χ0) is 20.7. The van der Waals surface area contributed by atoms with E-state index in [0.717, 1.165) is 30.1 Å². The van der Waals surface area contributed by atoms with Crippen LogP contribution in [0.3, 0.4) is 0 Å². The summed E-state index contributed by atoms with van der Waals surface area (Å²) >= 11 is 0. The molecule has 0 radical (unpaired) electrons. The average Bonchev–Trinajstić information content (AvgIpc) is 3.12. The van der Waals surface area contributed by atoms with Gasteiger partial charge in [0.15, 0.2) is 0 Å². The summed E-state index contributed by atoms with van der Waals surface area (Å²) < 4.78 is 37.1. The summed E-state index contributed by atoms with van der Waals surface area (Å²) in [6.45, 7) is 6.01. The molecule has 0 unspecified atom stereocenters. The molecule has 0 spiro atoms. The highest BCUT2D eigenvalue weighted by Gasteiger charge is 2.10. The fraction of sp³-hybridized carbons (Fsp3) is 0.381. The number of aromatic nitrogens is 2. The number of benzene rings is 1. The van der Waals surface area contributed by atoms with E-state index in [2.05, 4.69) is 10.00 Å². The molecule has 1 N–H and O–H groups in total. The Hall–Kier alpha value is -2.42. The van der Waals surface area contributed by atoms with Crippen LogP contribution in [0.25, 0.3) is 5.52 Å². The molecule has 1 saturated heterocycles. The van der Waals surface area contributed by atoms with Gasteiger partial charge in [-0.05, 0) is 57.1 Å². The van der Waals surface area contributed by atoms with Crippen LogP contribution in [0, 0.1) is 6.92 Å². The fourth-order valence-corrected chi connectivity index (χ4v) is 3.64. The summed E-state index contributed by atoms with van der Waals surface area (Å²) in [4.78, 5) is 2.40. The van der Waals surface area contributed by atoms with Gasteiger partial charge < -0.3 is 4.74 Å². The monoisotopic (exact) mass is 417 g/mol. The van der Waals surface area contributed by atoms with E-state index >= 15 is 0 Å². The quantitative estimate of drug-likeness (QED) is 0.640. The topological polar surface area (TPSA) is 84.1 Å². The Morgan fingerprint density at radius 3 is 2.45 bits per heavy atom. The number of ether oxygens (including phenoxy) is 1. The van der Waals surface area contributed by atoms with E-state index in [9.17, 15) is 8.42 Å². The Kier molecular flexibility index (Phi) is 7.24. The molecule has 1 fully saturated rings. The highest BCUT2D eigenvalue weighted by Crippen LogP contribution is 2.13. The van der Waals surface area contributed by atoms with E-state index in [1.165, 1.54) is 44.5 Å². The molecule has 1 aliphatic heterocycles. The van der Waals surface area contributed by atoms with Crippen molar-refractivity contribution < 1.29 is 17.7 Å². The minimum Gasteiger partial charge on any atom is -0.475 e. The van der Waals surface area contributed by atoms with Crippen molar-refractivity contribution in [2.75, 3.05) is 26.2 Å². The first-order valence-corrected chi connectivity index (χ1v) is 11.2. The molecule has 29 heavy (non-hydrogen) atoms. The summed E-state index contributed by atoms with van der Waals surface area (Å²) in [6.07, 6.45) is 5.97. The number of aryl methyl sites for hydroxylation is 1. The van der Waals surface area contributed by atoms with Gasteiger partial charge in [0.2, 0.25) is 5.88 Å². The summed E-state index contributed by atoms with van der Waals surface area (Å²) in [5.41, 5.74) is 2.03. The number of pyridine rings is 1. The largest absolute Gasteiger partial charge is 0.475 e. The van der Waals surface area contributed by atoms with Crippen LogP contribution in [0.15, 0.2) is 59.6 Å². The smallest absolute Gasteiger partial charge is 0.294 e. The second-order valence-electron chi connectivity index (χ2n) is 7.09. The van der Waals surface area contributed by atoms with Gasteiger partial charge in [-0.3, -0.25) is 9.45 Å². The van der Waals surface area contributed by atoms with Gasteiger partial charge in [0.05, 0.1) is 10.4 Å².